The zero-order chi connectivity index (χ0) is 19.0. The SMILES string of the molecule is CCOC(=O)c1ccc2nc(Nc3nc4ccc(C(C)=O)cc4o3)[nH]c2c1. The van der Waals surface area contributed by atoms with Crippen LogP contribution in [0.4, 0.5) is 12.0 Å². The van der Waals surface area contributed by atoms with Gasteiger partial charge in [0, 0.05) is 5.56 Å². The Labute approximate surface area is 153 Å². The van der Waals surface area contributed by atoms with Gasteiger partial charge in [-0.1, -0.05) is 0 Å². The lowest BCUT2D eigenvalue weighted by atomic mass is 10.1. The summed E-state index contributed by atoms with van der Waals surface area (Å²) in [6, 6.07) is 10.4. The maximum Gasteiger partial charge on any atom is 0.338 e. The Bertz CT molecular complexity index is 1180. The highest BCUT2D eigenvalue weighted by Crippen LogP contribution is 2.24. The van der Waals surface area contributed by atoms with Gasteiger partial charge in [-0.25, -0.2) is 9.78 Å². The Morgan fingerprint density at radius 3 is 2.67 bits per heavy atom. The van der Waals surface area contributed by atoms with Crippen LogP contribution in [0.1, 0.15) is 34.6 Å². The number of esters is 1. The molecule has 136 valence electrons. The number of ether oxygens (including phenoxy) is 1. The summed E-state index contributed by atoms with van der Waals surface area (Å²) in [6.07, 6.45) is 0. The number of Topliss-reactive ketones (excluding diaryl/α,β-unsaturated/α-hetero) is 1. The first-order valence-electron chi connectivity index (χ1n) is 8.39. The monoisotopic (exact) mass is 364 g/mol. The van der Waals surface area contributed by atoms with Crippen molar-refractivity contribution in [3.05, 3.63) is 47.5 Å². The van der Waals surface area contributed by atoms with Gasteiger partial charge in [-0.2, -0.15) is 4.98 Å². The van der Waals surface area contributed by atoms with Crippen molar-refractivity contribution in [3.8, 4) is 0 Å². The molecule has 0 bridgehead atoms. The number of aromatic amines is 1. The molecule has 2 aromatic heterocycles. The first kappa shape index (κ1) is 16.8. The van der Waals surface area contributed by atoms with Crippen LogP contribution in [0.2, 0.25) is 0 Å². The van der Waals surface area contributed by atoms with Crippen LogP contribution in [0.5, 0.6) is 0 Å². The number of hydrogen-bond acceptors (Lipinski definition) is 7. The van der Waals surface area contributed by atoms with Gasteiger partial charge < -0.3 is 14.1 Å². The highest BCUT2D eigenvalue weighted by atomic mass is 16.5. The molecule has 0 spiro atoms. The van der Waals surface area contributed by atoms with Crippen LogP contribution in [-0.2, 0) is 4.74 Å². The molecule has 0 amide bonds. The van der Waals surface area contributed by atoms with E-state index in [2.05, 4.69) is 20.3 Å². The van der Waals surface area contributed by atoms with Gasteiger partial charge in [0.25, 0.3) is 0 Å². The molecule has 0 fully saturated rings. The summed E-state index contributed by atoms with van der Waals surface area (Å²) in [5, 5.41) is 2.96. The summed E-state index contributed by atoms with van der Waals surface area (Å²) in [6.45, 7) is 3.57. The molecule has 0 aliphatic rings. The summed E-state index contributed by atoms with van der Waals surface area (Å²) in [5.74, 6) is -0.00871. The quantitative estimate of drug-likeness (QED) is 0.409. The molecule has 27 heavy (non-hydrogen) atoms. The molecule has 0 aliphatic heterocycles. The lowest BCUT2D eigenvalue weighted by molar-refractivity contribution is 0.0526. The van der Waals surface area contributed by atoms with Gasteiger partial charge in [0.1, 0.15) is 5.52 Å². The van der Waals surface area contributed by atoms with E-state index in [1.165, 1.54) is 6.92 Å². The Balaban J connectivity index is 1.62. The Kier molecular flexibility index (Phi) is 4.08. The number of hydrogen-bond donors (Lipinski definition) is 2. The first-order valence-corrected chi connectivity index (χ1v) is 8.39. The van der Waals surface area contributed by atoms with Gasteiger partial charge in [0.15, 0.2) is 11.4 Å². The number of carbonyl (C=O) groups excluding carboxylic acids is 2. The fourth-order valence-electron chi connectivity index (χ4n) is 2.71. The van der Waals surface area contributed by atoms with Crippen molar-refractivity contribution in [3.63, 3.8) is 0 Å². The van der Waals surface area contributed by atoms with Crippen molar-refractivity contribution in [2.45, 2.75) is 13.8 Å². The lowest BCUT2D eigenvalue weighted by Gasteiger charge is -2.00. The molecule has 8 nitrogen and oxygen atoms in total. The molecule has 0 aliphatic carbocycles. The number of benzene rings is 2. The zero-order valence-corrected chi connectivity index (χ0v) is 14.7. The molecule has 2 heterocycles. The van der Waals surface area contributed by atoms with E-state index < -0.39 is 0 Å². The molecule has 8 heteroatoms. The highest BCUT2D eigenvalue weighted by molar-refractivity contribution is 5.97. The van der Waals surface area contributed by atoms with E-state index in [4.69, 9.17) is 9.15 Å². The summed E-state index contributed by atoms with van der Waals surface area (Å²) in [4.78, 5) is 35.1. The number of ketones is 1. The van der Waals surface area contributed by atoms with E-state index in [1.54, 1.807) is 43.3 Å². The van der Waals surface area contributed by atoms with Crippen molar-refractivity contribution < 1.29 is 18.7 Å². The number of imidazole rings is 1. The zero-order valence-electron chi connectivity index (χ0n) is 14.7. The minimum Gasteiger partial charge on any atom is -0.462 e. The maximum absolute atomic E-state index is 11.8. The third-order valence-corrected chi connectivity index (χ3v) is 4.01. The van der Waals surface area contributed by atoms with Gasteiger partial charge in [-0.05, 0) is 50.2 Å². The number of fused-ring (bicyclic) bond motifs is 2. The largest absolute Gasteiger partial charge is 0.462 e. The van der Waals surface area contributed by atoms with E-state index in [9.17, 15) is 9.59 Å². The number of aromatic nitrogens is 3. The molecule has 2 N–H and O–H groups in total. The third kappa shape index (κ3) is 3.24. The number of oxazole rings is 1. The smallest absolute Gasteiger partial charge is 0.338 e. The van der Waals surface area contributed by atoms with Crippen molar-refractivity contribution in [1.82, 2.24) is 15.0 Å². The molecule has 2 aromatic carbocycles. The number of rotatable bonds is 5. The van der Waals surface area contributed by atoms with Crippen LogP contribution in [0.3, 0.4) is 0 Å². The standard InChI is InChI=1S/C19H16N4O4/c1-3-26-17(25)12-5-6-13-15(8-12)21-18(20-13)23-19-22-14-7-4-11(10(2)24)9-16(14)27-19/h4-9H,3H2,1-2H3,(H2,20,21,22,23). The van der Waals surface area contributed by atoms with Crippen LogP contribution in [0.25, 0.3) is 22.1 Å². The minimum atomic E-state index is -0.385. The Morgan fingerprint density at radius 2 is 1.89 bits per heavy atom. The molecule has 0 unspecified atom stereocenters. The topological polar surface area (TPSA) is 110 Å². The predicted octanol–water partition coefficient (Wildman–Crippen LogP) is 3.83. The molecular formula is C19H16N4O4. The van der Waals surface area contributed by atoms with Gasteiger partial charge >= 0.3 is 12.0 Å². The van der Waals surface area contributed by atoms with Gasteiger partial charge in [-0.3, -0.25) is 10.1 Å². The molecule has 0 saturated heterocycles. The van der Waals surface area contributed by atoms with Crippen molar-refractivity contribution >= 4 is 45.8 Å². The Morgan fingerprint density at radius 1 is 1.11 bits per heavy atom. The molecule has 0 saturated carbocycles. The minimum absolute atomic E-state index is 0.0440. The Hall–Kier alpha value is -3.68. The van der Waals surface area contributed by atoms with Crippen LogP contribution in [-0.4, -0.2) is 33.3 Å². The van der Waals surface area contributed by atoms with E-state index >= 15 is 0 Å². The second-order valence-electron chi connectivity index (χ2n) is 5.92. The molecule has 0 atom stereocenters. The summed E-state index contributed by atoms with van der Waals surface area (Å²) >= 11 is 0. The van der Waals surface area contributed by atoms with Crippen molar-refractivity contribution in [2.24, 2.45) is 0 Å². The van der Waals surface area contributed by atoms with E-state index in [0.29, 0.717) is 45.8 Å². The molecule has 4 aromatic rings. The fraction of sp³-hybridized carbons (Fsp3) is 0.158. The van der Waals surface area contributed by atoms with E-state index in [0.717, 1.165) is 0 Å². The average molecular weight is 364 g/mol. The van der Waals surface area contributed by atoms with Crippen LogP contribution in [0, 0.1) is 0 Å². The summed E-state index contributed by atoms with van der Waals surface area (Å²) in [7, 11) is 0. The van der Waals surface area contributed by atoms with E-state index in [1.807, 2.05) is 0 Å². The second-order valence-corrected chi connectivity index (χ2v) is 5.92. The molecular weight excluding hydrogens is 348 g/mol. The van der Waals surface area contributed by atoms with Crippen LogP contribution in [0.15, 0.2) is 40.8 Å². The van der Waals surface area contributed by atoms with Gasteiger partial charge in [0.05, 0.1) is 23.2 Å². The number of anilines is 2. The molecule has 4 rings (SSSR count). The average Bonchev–Trinajstić information content (AvgIpc) is 3.22. The fourth-order valence-corrected chi connectivity index (χ4v) is 2.71. The van der Waals surface area contributed by atoms with Crippen LogP contribution >= 0.6 is 0 Å². The number of H-pyrrole nitrogens is 1. The summed E-state index contributed by atoms with van der Waals surface area (Å²) in [5.41, 5.74) is 3.49. The maximum atomic E-state index is 11.8. The van der Waals surface area contributed by atoms with Gasteiger partial charge in [-0.15, -0.1) is 0 Å². The number of carbonyl (C=O) groups is 2. The van der Waals surface area contributed by atoms with Crippen molar-refractivity contribution in [1.29, 1.82) is 0 Å². The van der Waals surface area contributed by atoms with Crippen LogP contribution < -0.4 is 5.32 Å². The number of nitrogens with one attached hydrogen (secondary N) is 2. The third-order valence-electron chi connectivity index (χ3n) is 4.01. The van der Waals surface area contributed by atoms with E-state index in [-0.39, 0.29) is 17.8 Å². The summed E-state index contributed by atoms with van der Waals surface area (Å²) < 4.78 is 10.6. The van der Waals surface area contributed by atoms with Crippen molar-refractivity contribution in [2.75, 3.05) is 11.9 Å². The molecule has 0 radical (unpaired) electrons. The highest BCUT2D eigenvalue weighted by Gasteiger charge is 2.12. The predicted molar refractivity (Wildman–Crippen MR) is 99.3 cm³/mol. The second kappa shape index (κ2) is 6.56. The normalized spacial score (nSPS) is 11.0. The first-order chi connectivity index (χ1) is 13.0. The lowest BCUT2D eigenvalue weighted by Crippen LogP contribution is -2.04. The van der Waals surface area contributed by atoms with Gasteiger partial charge in [0.2, 0.25) is 5.95 Å². The number of nitrogens with zero attached hydrogens (tertiary/aromatic N) is 2.